The number of ether oxygens (including phenoxy) is 1. The van der Waals surface area contributed by atoms with Crippen LogP contribution in [0.1, 0.15) is 61.4 Å². The lowest BCUT2D eigenvalue weighted by atomic mass is 9.83. The van der Waals surface area contributed by atoms with Gasteiger partial charge < -0.3 is 10.1 Å². The lowest BCUT2D eigenvalue weighted by Gasteiger charge is -2.41. The van der Waals surface area contributed by atoms with Gasteiger partial charge in [0.05, 0.1) is 16.6 Å². The first-order chi connectivity index (χ1) is 17.6. The molecule has 1 N–H and O–H groups in total. The molecule has 1 amide bonds. The molecule has 7 heteroatoms. The number of hydrogen-bond donors (Lipinski definition) is 1. The van der Waals surface area contributed by atoms with E-state index in [1.54, 1.807) is 30.3 Å². The summed E-state index contributed by atoms with van der Waals surface area (Å²) in [4.78, 5) is 13.7. The Balaban J connectivity index is 1.68. The van der Waals surface area contributed by atoms with Gasteiger partial charge in [-0.15, -0.1) is 0 Å². The molecule has 0 fully saturated rings. The summed E-state index contributed by atoms with van der Waals surface area (Å²) in [7, 11) is -3.99. The smallest absolute Gasteiger partial charge is 0.264 e. The van der Waals surface area contributed by atoms with Crippen molar-refractivity contribution in [3.63, 3.8) is 0 Å². The number of fused-ring (bicyclic) bond motifs is 1. The fraction of sp³-hybridized carbons (Fsp3) is 0.367. The Morgan fingerprint density at radius 3 is 2.27 bits per heavy atom. The summed E-state index contributed by atoms with van der Waals surface area (Å²) in [5.74, 6) is 0.403. The molecule has 0 aliphatic carbocycles. The van der Waals surface area contributed by atoms with Crippen LogP contribution in [0.15, 0.2) is 71.6 Å². The van der Waals surface area contributed by atoms with Crippen LogP contribution < -0.4 is 14.4 Å². The van der Waals surface area contributed by atoms with Gasteiger partial charge in [0, 0.05) is 12.0 Å². The second-order valence-electron chi connectivity index (χ2n) is 9.97. The Morgan fingerprint density at radius 2 is 1.62 bits per heavy atom. The van der Waals surface area contributed by atoms with E-state index < -0.39 is 10.0 Å². The minimum atomic E-state index is -3.99. The Bertz CT molecular complexity index is 1380. The Kier molecular flexibility index (Phi) is 7.64. The van der Waals surface area contributed by atoms with Crippen LogP contribution in [0.5, 0.6) is 5.75 Å². The van der Waals surface area contributed by atoms with Crippen molar-refractivity contribution in [3.05, 3.63) is 89.0 Å². The fourth-order valence-electron chi connectivity index (χ4n) is 5.02. The van der Waals surface area contributed by atoms with Gasteiger partial charge in [-0.1, -0.05) is 67.4 Å². The van der Waals surface area contributed by atoms with Crippen LogP contribution in [0.4, 0.5) is 5.69 Å². The van der Waals surface area contributed by atoms with Crippen molar-refractivity contribution < 1.29 is 17.9 Å². The normalized spacial score (nSPS) is 16.4. The quantitative estimate of drug-likeness (QED) is 0.395. The number of nitrogens with one attached hydrogen (secondary N) is 1. The molecule has 0 saturated carbocycles. The summed E-state index contributed by atoms with van der Waals surface area (Å²) >= 11 is 0. The van der Waals surface area contributed by atoms with E-state index in [0.29, 0.717) is 12.1 Å². The van der Waals surface area contributed by atoms with Crippen molar-refractivity contribution in [3.8, 4) is 5.75 Å². The topological polar surface area (TPSA) is 75.7 Å². The zero-order valence-electron chi connectivity index (χ0n) is 22.2. The average molecular weight is 521 g/mol. The third-order valence-electron chi connectivity index (χ3n) is 7.34. The average Bonchev–Trinajstić information content (AvgIpc) is 2.87. The third-order valence-corrected chi connectivity index (χ3v) is 9.11. The summed E-state index contributed by atoms with van der Waals surface area (Å²) in [5, 5.41) is 3.14. The number of rotatable bonds is 8. The second kappa shape index (κ2) is 10.6. The van der Waals surface area contributed by atoms with E-state index >= 15 is 0 Å². The molecule has 0 spiro atoms. The van der Waals surface area contributed by atoms with Gasteiger partial charge in [0.25, 0.3) is 10.0 Å². The van der Waals surface area contributed by atoms with E-state index in [1.165, 1.54) is 4.31 Å². The number of carbonyl (C=O) groups is 1. The molecule has 0 radical (unpaired) electrons. The SMILES string of the molecule is CCC1(CC)C[C@H](NC(=O)CN(c2ccc(C)cc2C)S(=O)(=O)c2ccc(C)cc2)c2ccccc2O1. The summed E-state index contributed by atoms with van der Waals surface area (Å²) in [6, 6.07) is 19.7. The number of anilines is 1. The maximum atomic E-state index is 13.8. The van der Waals surface area contributed by atoms with E-state index in [2.05, 4.69) is 19.2 Å². The molecule has 0 bridgehead atoms. The van der Waals surface area contributed by atoms with Crippen LogP contribution in [-0.2, 0) is 14.8 Å². The predicted octanol–water partition coefficient (Wildman–Crippen LogP) is 6.01. The van der Waals surface area contributed by atoms with Crippen molar-refractivity contribution >= 4 is 21.6 Å². The van der Waals surface area contributed by atoms with Crippen LogP contribution in [0.3, 0.4) is 0 Å². The van der Waals surface area contributed by atoms with Gasteiger partial charge in [0.15, 0.2) is 0 Å². The molecule has 4 rings (SSSR count). The molecule has 1 aliphatic heterocycles. The molecule has 1 heterocycles. The maximum Gasteiger partial charge on any atom is 0.264 e. The van der Waals surface area contributed by atoms with Crippen LogP contribution >= 0.6 is 0 Å². The van der Waals surface area contributed by atoms with Crippen LogP contribution in [-0.4, -0.2) is 26.5 Å². The summed E-state index contributed by atoms with van der Waals surface area (Å²) in [6.45, 7) is 9.58. The summed E-state index contributed by atoms with van der Waals surface area (Å²) in [6.07, 6.45) is 2.23. The van der Waals surface area contributed by atoms with Gasteiger partial charge in [-0.05, 0) is 63.4 Å². The molecule has 6 nitrogen and oxygen atoms in total. The van der Waals surface area contributed by atoms with E-state index in [-0.39, 0.29) is 29.0 Å². The minimum Gasteiger partial charge on any atom is -0.487 e. The van der Waals surface area contributed by atoms with Gasteiger partial charge in [-0.25, -0.2) is 8.42 Å². The van der Waals surface area contributed by atoms with Gasteiger partial charge >= 0.3 is 0 Å². The van der Waals surface area contributed by atoms with Crippen LogP contribution in [0.25, 0.3) is 0 Å². The first-order valence-electron chi connectivity index (χ1n) is 12.8. The van der Waals surface area contributed by atoms with Crippen LogP contribution in [0.2, 0.25) is 0 Å². The van der Waals surface area contributed by atoms with Gasteiger partial charge in [-0.3, -0.25) is 9.10 Å². The number of benzene rings is 3. The van der Waals surface area contributed by atoms with E-state index in [4.69, 9.17) is 4.74 Å². The molecule has 3 aromatic rings. The molecule has 0 aromatic heterocycles. The number of amides is 1. The second-order valence-corrected chi connectivity index (χ2v) is 11.8. The molecule has 1 aliphatic rings. The van der Waals surface area contributed by atoms with Gasteiger partial charge in [0.1, 0.15) is 17.9 Å². The number of hydrogen-bond acceptors (Lipinski definition) is 4. The monoisotopic (exact) mass is 520 g/mol. The molecule has 3 aromatic carbocycles. The molecule has 196 valence electrons. The number of aryl methyl sites for hydroxylation is 3. The maximum absolute atomic E-state index is 13.8. The lowest BCUT2D eigenvalue weighted by Crippen LogP contribution is -2.47. The molecular weight excluding hydrogens is 484 g/mol. The zero-order chi connectivity index (χ0) is 26.8. The number of sulfonamides is 1. The Hall–Kier alpha value is -3.32. The Labute approximate surface area is 220 Å². The van der Waals surface area contributed by atoms with Crippen molar-refractivity contribution in [1.82, 2.24) is 5.32 Å². The molecule has 37 heavy (non-hydrogen) atoms. The van der Waals surface area contributed by atoms with Gasteiger partial charge in [-0.2, -0.15) is 0 Å². The van der Waals surface area contributed by atoms with Crippen molar-refractivity contribution in [2.24, 2.45) is 0 Å². The predicted molar refractivity (Wildman–Crippen MR) is 148 cm³/mol. The fourth-order valence-corrected chi connectivity index (χ4v) is 6.51. The molecular formula is C30H36N2O4S. The summed E-state index contributed by atoms with van der Waals surface area (Å²) < 4.78 is 35.3. The molecule has 0 saturated heterocycles. The number of para-hydroxylation sites is 1. The third kappa shape index (κ3) is 5.52. The highest BCUT2D eigenvalue weighted by atomic mass is 32.2. The highest BCUT2D eigenvalue weighted by molar-refractivity contribution is 7.92. The highest BCUT2D eigenvalue weighted by Gasteiger charge is 2.39. The van der Waals surface area contributed by atoms with Crippen LogP contribution in [0, 0.1) is 20.8 Å². The van der Waals surface area contributed by atoms with Gasteiger partial charge in [0.2, 0.25) is 5.91 Å². The van der Waals surface area contributed by atoms with Crippen molar-refractivity contribution in [1.29, 1.82) is 0 Å². The first-order valence-corrected chi connectivity index (χ1v) is 14.3. The largest absolute Gasteiger partial charge is 0.487 e. The van der Waals surface area contributed by atoms with E-state index in [9.17, 15) is 13.2 Å². The first kappa shape index (κ1) is 26.7. The Morgan fingerprint density at radius 1 is 0.973 bits per heavy atom. The zero-order valence-corrected chi connectivity index (χ0v) is 23.1. The standard InChI is InChI=1S/C30H36N2O4S/c1-6-30(7-2)19-26(25-10-8-9-11-28(25)36-30)31-29(33)20-32(27-17-14-22(4)18-23(27)5)37(34,35)24-15-12-21(3)13-16-24/h8-18,26H,6-7,19-20H2,1-5H3,(H,31,33)/t26-/m0/s1. The minimum absolute atomic E-state index is 0.151. The number of carbonyl (C=O) groups excluding carboxylic acids is 1. The van der Waals surface area contributed by atoms with Crippen molar-refractivity contribution in [2.45, 2.75) is 70.4 Å². The lowest BCUT2D eigenvalue weighted by molar-refractivity contribution is -0.121. The number of nitrogens with zero attached hydrogens (tertiary/aromatic N) is 1. The highest BCUT2D eigenvalue weighted by Crippen LogP contribution is 2.42. The molecule has 0 unspecified atom stereocenters. The van der Waals surface area contributed by atoms with E-state index in [0.717, 1.165) is 40.8 Å². The van der Waals surface area contributed by atoms with Crippen molar-refractivity contribution in [2.75, 3.05) is 10.8 Å². The summed E-state index contributed by atoms with van der Waals surface area (Å²) in [5.41, 5.74) is 3.79. The van der Waals surface area contributed by atoms with E-state index in [1.807, 2.05) is 57.2 Å². The molecule has 1 atom stereocenters.